The van der Waals surface area contributed by atoms with Crippen LogP contribution in [0.4, 0.5) is 18.9 Å². The SMILES string of the molecule is C[C@]12CC3CC(C(=O)Nc4ccc(Cl)c(C(F)(F)F)c4)(C1)C[C@@](C)(C3)C2. The topological polar surface area (TPSA) is 29.1 Å². The van der Waals surface area contributed by atoms with Crippen molar-refractivity contribution in [1.82, 2.24) is 0 Å². The van der Waals surface area contributed by atoms with E-state index in [1.807, 2.05) is 0 Å². The Bertz CT molecular complexity index is 757. The molecular formula is C20H23ClF3NO. The molecule has 1 aromatic rings. The van der Waals surface area contributed by atoms with Crippen LogP contribution in [-0.2, 0) is 11.0 Å². The first-order valence-electron chi connectivity index (χ1n) is 9.10. The van der Waals surface area contributed by atoms with Crippen molar-refractivity contribution < 1.29 is 18.0 Å². The number of carbonyl (C=O) groups excluding carboxylic acids is 1. The fourth-order valence-corrected chi connectivity index (χ4v) is 7.01. The number of anilines is 1. The van der Waals surface area contributed by atoms with Gasteiger partial charge in [-0.3, -0.25) is 4.79 Å². The van der Waals surface area contributed by atoms with E-state index in [0.29, 0.717) is 5.92 Å². The predicted molar refractivity (Wildman–Crippen MR) is 94.9 cm³/mol. The molecule has 142 valence electrons. The molecule has 4 atom stereocenters. The number of benzene rings is 1. The van der Waals surface area contributed by atoms with E-state index in [9.17, 15) is 18.0 Å². The van der Waals surface area contributed by atoms with Gasteiger partial charge in [0.15, 0.2) is 0 Å². The Labute approximate surface area is 156 Å². The van der Waals surface area contributed by atoms with Gasteiger partial charge < -0.3 is 5.32 Å². The highest BCUT2D eigenvalue weighted by molar-refractivity contribution is 6.31. The van der Waals surface area contributed by atoms with Crippen molar-refractivity contribution in [1.29, 1.82) is 0 Å². The number of halogens is 4. The number of carbonyl (C=O) groups is 1. The van der Waals surface area contributed by atoms with E-state index >= 15 is 0 Å². The fourth-order valence-electron chi connectivity index (χ4n) is 6.78. The van der Waals surface area contributed by atoms with Crippen molar-refractivity contribution >= 4 is 23.2 Å². The molecule has 4 bridgehead atoms. The second-order valence-corrected chi connectivity index (χ2v) is 9.96. The largest absolute Gasteiger partial charge is 0.417 e. The van der Waals surface area contributed by atoms with Gasteiger partial charge in [0, 0.05) is 5.69 Å². The molecule has 2 unspecified atom stereocenters. The molecule has 4 aliphatic rings. The van der Waals surface area contributed by atoms with E-state index in [2.05, 4.69) is 19.2 Å². The summed E-state index contributed by atoms with van der Waals surface area (Å²) in [6, 6.07) is 3.58. The minimum absolute atomic E-state index is 0.130. The van der Waals surface area contributed by atoms with Crippen LogP contribution in [0.1, 0.15) is 57.9 Å². The zero-order valence-corrected chi connectivity index (χ0v) is 15.7. The maximum absolute atomic E-state index is 13.2. The molecule has 0 spiro atoms. The maximum Gasteiger partial charge on any atom is 0.417 e. The van der Waals surface area contributed by atoms with Crippen LogP contribution in [0.25, 0.3) is 0 Å². The fraction of sp³-hybridized carbons (Fsp3) is 0.650. The lowest BCUT2D eigenvalue weighted by Gasteiger charge is -2.64. The van der Waals surface area contributed by atoms with Crippen molar-refractivity contribution in [2.75, 3.05) is 5.32 Å². The zero-order chi connectivity index (χ0) is 19.0. The summed E-state index contributed by atoms with van der Waals surface area (Å²) < 4.78 is 39.3. The molecule has 0 aliphatic heterocycles. The molecule has 1 aromatic carbocycles. The molecule has 1 N–H and O–H groups in total. The minimum Gasteiger partial charge on any atom is -0.326 e. The smallest absolute Gasteiger partial charge is 0.326 e. The summed E-state index contributed by atoms with van der Waals surface area (Å²) in [6.07, 6.45) is 1.44. The molecule has 5 rings (SSSR count). The third kappa shape index (κ3) is 2.92. The van der Waals surface area contributed by atoms with Crippen LogP contribution in [0.5, 0.6) is 0 Å². The number of amides is 1. The molecule has 2 nitrogen and oxygen atoms in total. The van der Waals surface area contributed by atoms with Gasteiger partial charge in [-0.2, -0.15) is 13.2 Å². The Hall–Kier alpha value is -1.23. The zero-order valence-electron chi connectivity index (χ0n) is 15.0. The van der Waals surface area contributed by atoms with Crippen molar-refractivity contribution in [3.8, 4) is 0 Å². The number of nitrogens with one attached hydrogen (secondary N) is 1. The highest BCUT2D eigenvalue weighted by Crippen LogP contribution is 2.69. The molecule has 0 heterocycles. The second kappa shape index (κ2) is 5.40. The monoisotopic (exact) mass is 385 g/mol. The molecule has 4 saturated carbocycles. The second-order valence-electron chi connectivity index (χ2n) is 9.56. The summed E-state index contributed by atoms with van der Waals surface area (Å²) in [5, 5.41) is 2.42. The van der Waals surface area contributed by atoms with Crippen LogP contribution in [0, 0.1) is 22.2 Å². The van der Waals surface area contributed by atoms with Gasteiger partial charge in [0.05, 0.1) is 16.0 Å². The Morgan fingerprint density at radius 1 is 1.12 bits per heavy atom. The molecule has 6 heteroatoms. The Morgan fingerprint density at radius 3 is 2.27 bits per heavy atom. The van der Waals surface area contributed by atoms with Crippen LogP contribution in [-0.4, -0.2) is 5.91 Å². The van der Waals surface area contributed by atoms with E-state index in [4.69, 9.17) is 11.6 Å². The average Bonchev–Trinajstić information content (AvgIpc) is 2.44. The number of alkyl halides is 3. The summed E-state index contributed by atoms with van der Waals surface area (Å²) in [6.45, 7) is 4.53. The maximum atomic E-state index is 13.2. The summed E-state index contributed by atoms with van der Waals surface area (Å²) >= 11 is 5.68. The van der Waals surface area contributed by atoms with Gasteiger partial charge in [0.1, 0.15) is 0 Å². The molecule has 4 fully saturated rings. The average molecular weight is 386 g/mol. The van der Waals surface area contributed by atoms with E-state index in [-0.39, 0.29) is 27.4 Å². The van der Waals surface area contributed by atoms with Gasteiger partial charge >= 0.3 is 6.18 Å². The predicted octanol–water partition coefficient (Wildman–Crippen LogP) is 6.29. The standard InChI is InChI=1S/C20H23ClF3NO/c1-17-6-12-7-18(2,9-17)11-19(8-12,10-17)16(26)25-13-3-4-15(21)14(5-13)20(22,23)24/h3-5,12H,6-11H2,1-2H3,(H,25,26)/t12?,17-,18+,19?. The number of rotatable bonds is 2. The van der Waals surface area contributed by atoms with Gasteiger partial charge in [0.25, 0.3) is 0 Å². The molecular weight excluding hydrogens is 363 g/mol. The molecule has 1 amide bonds. The quantitative estimate of drug-likeness (QED) is 0.636. The minimum atomic E-state index is -4.54. The molecule has 0 aromatic heterocycles. The third-order valence-corrected chi connectivity index (χ3v) is 6.97. The van der Waals surface area contributed by atoms with Gasteiger partial charge in [-0.1, -0.05) is 25.4 Å². The normalized spacial score (nSPS) is 38.5. The first-order chi connectivity index (χ1) is 11.9. The van der Waals surface area contributed by atoms with Gasteiger partial charge in [-0.25, -0.2) is 0 Å². The highest BCUT2D eigenvalue weighted by atomic mass is 35.5. The van der Waals surface area contributed by atoms with Crippen LogP contribution < -0.4 is 5.32 Å². The van der Waals surface area contributed by atoms with Crippen molar-refractivity contribution in [2.24, 2.45) is 22.2 Å². The summed E-state index contributed by atoms with van der Waals surface area (Å²) in [5.41, 5.74) is -0.870. The lowest BCUT2D eigenvalue weighted by atomic mass is 9.40. The summed E-state index contributed by atoms with van der Waals surface area (Å²) in [7, 11) is 0. The van der Waals surface area contributed by atoms with E-state index in [0.717, 1.165) is 44.6 Å². The van der Waals surface area contributed by atoms with Crippen molar-refractivity contribution in [3.05, 3.63) is 28.8 Å². The van der Waals surface area contributed by atoms with Gasteiger partial charge in [-0.15, -0.1) is 0 Å². The van der Waals surface area contributed by atoms with Crippen LogP contribution >= 0.6 is 11.6 Å². The lowest BCUT2D eigenvalue weighted by Crippen LogP contribution is -2.58. The van der Waals surface area contributed by atoms with Gasteiger partial charge in [0.2, 0.25) is 5.91 Å². The first-order valence-corrected chi connectivity index (χ1v) is 9.48. The Balaban J connectivity index is 1.61. The molecule has 0 radical (unpaired) electrons. The molecule has 4 aliphatic carbocycles. The highest BCUT2D eigenvalue weighted by Gasteiger charge is 2.62. The van der Waals surface area contributed by atoms with Crippen molar-refractivity contribution in [3.63, 3.8) is 0 Å². The Morgan fingerprint density at radius 2 is 1.73 bits per heavy atom. The first kappa shape index (κ1) is 18.1. The van der Waals surface area contributed by atoms with Gasteiger partial charge in [-0.05, 0) is 73.5 Å². The van der Waals surface area contributed by atoms with Crippen molar-refractivity contribution in [2.45, 2.75) is 58.5 Å². The van der Waals surface area contributed by atoms with E-state index < -0.39 is 17.2 Å². The van der Waals surface area contributed by atoms with E-state index in [1.54, 1.807) is 0 Å². The van der Waals surface area contributed by atoms with E-state index in [1.165, 1.54) is 12.1 Å². The molecule has 26 heavy (non-hydrogen) atoms. The summed E-state index contributed by atoms with van der Waals surface area (Å²) in [4.78, 5) is 13.2. The third-order valence-electron chi connectivity index (χ3n) is 6.64. The van der Waals surface area contributed by atoms with Crippen LogP contribution in [0.2, 0.25) is 5.02 Å². The number of hydrogen-bond acceptors (Lipinski definition) is 1. The number of hydrogen-bond donors (Lipinski definition) is 1. The Kier molecular flexibility index (Phi) is 3.77. The lowest BCUT2D eigenvalue weighted by molar-refractivity contribution is -0.165. The summed E-state index contributed by atoms with van der Waals surface area (Å²) in [5.74, 6) is 0.414. The van der Waals surface area contributed by atoms with Crippen LogP contribution in [0.15, 0.2) is 18.2 Å². The molecule has 0 saturated heterocycles. The van der Waals surface area contributed by atoms with Crippen LogP contribution in [0.3, 0.4) is 0 Å².